The normalized spacial score (nSPS) is 10.1. The molecule has 1 heterocycles. The molecule has 25 heavy (non-hydrogen) atoms. The Hall–Kier alpha value is -3.18. The number of nitrogens with zero attached hydrogens (tertiary/aromatic N) is 1. The molecule has 0 radical (unpaired) electrons. The van der Waals surface area contributed by atoms with E-state index in [9.17, 15) is 9.59 Å². The molecule has 0 atom stereocenters. The van der Waals surface area contributed by atoms with Gasteiger partial charge in [0.1, 0.15) is 0 Å². The zero-order chi connectivity index (χ0) is 17.6. The Balaban J connectivity index is 1.61. The molecule has 2 N–H and O–H groups in total. The van der Waals surface area contributed by atoms with Gasteiger partial charge in [-0.05, 0) is 53.6 Å². The van der Waals surface area contributed by atoms with Crippen molar-refractivity contribution in [3.05, 3.63) is 89.2 Å². The number of rotatable bonds is 3. The van der Waals surface area contributed by atoms with Crippen molar-refractivity contribution in [3.8, 4) is 11.1 Å². The number of halogens is 1. The third-order valence-electron chi connectivity index (χ3n) is 3.54. The number of carbonyl (C=O) groups is 2. The van der Waals surface area contributed by atoms with Crippen molar-refractivity contribution in [2.24, 2.45) is 0 Å². The van der Waals surface area contributed by atoms with Crippen molar-refractivity contribution < 1.29 is 9.59 Å². The van der Waals surface area contributed by atoms with Gasteiger partial charge in [0.2, 0.25) is 0 Å². The van der Waals surface area contributed by atoms with Crippen LogP contribution >= 0.6 is 11.6 Å². The van der Waals surface area contributed by atoms with Gasteiger partial charge in [0, 0.05) is 28.5 Å². The van der Waals surface area contributed by atoms with Crippen LogP contribution in [0.4, 0.5) is 0 Å². The van der Waals surface area contributed by atoms with Crippen LogP contribution in [-0.2, 0) is 0 Å². The number of hydrazine groups is 1. The molecule has 5 nitrogen and oxygen atoms in total. The molecule has 2 amide bonds. The van der Waals surface area contributed by atoms with Gasteiger partial charge in [-0.15, -0.1) is 0 Å². The highest BCUT2D eigenvalue weighted by atomic mass is 35.5. The van der Waals surface area contributed by atoms with Gasteiger partial charge in [0.05, 0.1) is 0 Å². The summed E-state index contributed by atoms with van der Waals surface area (Å²) in [5.41, 5.74) is 7.51. The van der Waals surface area contributed by atoms with E-state index in [1.54, 1.807) is 48.8 Å². The maximum absolute atomic E-state index is 12.1. The molecule has 0 spiro atoms. The molecule has 3 rings (SSSR count). The van der Waals surface area contributed by atoms with Crippen molar-refractivity contribution in [1.29, 1.82) is 0 Å². The van der Waals surface area contributed by atoms with Crippen LogP contribution in [0.25, 0.3) is 11.1 Å². The molecule has 0 fully saturated rings. The highest BCUT2D eigenvalue weighted by Crippen LogP contribution is 2.18. The second kappa shape index (κ2) is 7.59. The lowest BCUT2D eigenvalue weighted by molar-refractivity contribution is 0.0846. The third-order valence-corrected chi connectivity index (χ3v) is 3.79. The van der Waals surface area contributed by atoms with Gasteiger partial charge in [-0.3, -0.25) is 25.4 Å². The van der Waals surface area contributed by atoms with E-state index in [4.69, 9.17) is 11.6 Å². The van der Waals surface area contributed by atoms with Crippen molar-refractivity contribution in [3.63, 3.8) is 0 Å². The molecule has 0 aliphatic carbocycles. The lowest BCUT2D eigenvalue weighted by Crippen LogP contribution is -2.41. The Morgan fingerprint density at radius 3 is 1.84 bits per heavy atom. The minimum Gasteiger partial charge on any atom is -0.267 e. The van der Waals surface area contributed by atoms with Crippen LogP contribution in [-0.4, -0.2) is 16.8 Å². The van der Waals surface area contributed by atoms with Gasteiger partial charge in [-0.2, -0.15) is 0 Å². The SMILES string of the molecule is O=C(NNC(=O)c1ccc(-c2cccnc2)cc1)c1ccc(Cl)cc1. The zero-order valence-electron chi connectivity index (χ0n) is 13.1. The Labute approximate surface area is 149 Å². The van der Waals surface area contributed by atoms with E-state index in [2.05, 4.69) is 15.8 Å². The molecule has 0 saturated heterocycles. The molecule has 0 bridgehead atoms. The molecule has 0 unspecified atom stereocenters. The van der Waals surface area contributed by atoms with E-state index >= 15 is 0 Å². The first-order chi connectivity index (χ1) is 12.1. The van der Waals surface area contributed by atoms with E-state index in [0.29, 0.717) is 16.1 Å². The quantitative estimate of drug-likeness (QED) is 0.710. The summed E-state index contributed by atoms with van der Waals surface area (Å²) in [6.45, 7) is 0. The van der Waals surface area contributed by atoms with Crippen LogP contribution in [0.1, 0.15) is 20.7 Å². The zero-order valence-corrected chi connectivity index (χ0v) is 13.8. The summed E-state index contributed by atoms with van der Waals surface area (Å²) < 4.78 is 0. The largest absolute Gasteiger partial charge is 0.269 e. The summed E-state index contributed by atoms with van der Waals surface area (Å²) >= 11 is 5.78. The first kappa shape index (κ1) is 16.7. The lowest BCUT2D eigenvalue weighted by Gasteiger charge is -2.08. The van der Waals surface area contributed by atoms with E-state index in [-0.39, 0.29) is 0 Å². The average Bonchev–Trinajstić information content (AvgIpc) is 2.67. The summed E-state index contributed by atoms with van der Waals surface area (Å²) in [7, 11) is 0. The molecule has 6 heteroatoms. The summed E-state index contributed by atoms with van der Waals surface area (Å²) in [5.74, 6) is -0.822. The number of carbonyl (C=O) groups excluding carboxylic acids is 2. The molecule has 0 aliphatic heterocycles. The fraction of sp³-hybridized carbons (Fsp3) is 0. The predicted octanol–water partition coefficient (Wildman–Crippen LogP) is 3.48. The molecule has 3 aromatic rings. The van der Waals surface area contributed by atoms with Crippen LogP contribution in [0, 0.1) is 0 Å². The summed E-state index contributed by atoms with van der Waals surface area (Å²) in [6, 6.07) is 17.2. The number of nitrogens with one attached hydrogen (secondary N) is 2. The average molecular weight is 352 g/mol. The molecule has 1 aromatic heterocycles. The number of hydrogen-bond acceptors (Lipinski definition) is 3. The number of aromatic nitrogens is 1. The van der Waals surface area contributed by atoms with Crippen LogP contribution < -0.4 is 10.9 Å². The molecule has 2 aromatic carbocycles. The van der Waals surface area contributed by atoms with Crippen molar-refractivity contribution in [2.75, 3.05) is 0 Å². The summed E-state index contributed by atoms with van der Waals surface area (Å²) in [6.07, 6.45) is 3.45. The fourth-order valence-electron chi connectivity index (χ4n) is 2.21. The number of benzene rings is 2. The maximum atomic E-state index is 12.1. The minimum absolute atomic E-state index is 0.400. The minimum atomic E-state index is -0.419. The van der Waals surface area contributed by atoms with E-state index < -0.39 is 11.8 Å². The second-order valence-electron chi connectivity index (χ2n) is 5.23. The molecule has 0 aliphatic rings. The third kappa shape index (κ3) is 4.22. The lowest BCUT2D eigenvalue weighted by atomic mass is 10.1. The highest BCUT2D eigenvalue weighted by molar-refractivity contribution is 6.30. The van der Waals surface area contributed by atoms with Gasteiger partial charge in [-0.1, -0.05) is 29.8 Å². The van der Waals surface area contributed by atoms with Crippen molar-refractivity contribution in [1.82, 2.24) is 15.8 Å². The molecular weight excluding hydrogens is 338 g/mol. The van der Waals surface area contributed by atoms with Crippen LogP contribution in [0.2, 0.25) is 5.02 Å². The van der Waals surface area contributed by atoms with Gasteiger partial charge >= 0.3 is 0 Å². The Morgan fingerprint density at radius 2 is 1.32 bits per heavy atom. The first-order valence-electron chi connectivity index (χ1n) is 7.50. The molecule has 124 valence electrons. The molecule has 0 saturated carbocycles. The van der Waals surface area contributed by atoms with Gasteiger partial charge in [0.25, 0.3) is 11.8 Å². The number of pyridine rings is 1. The second-order valence-corrected chi connectivity index (χ2v) is 5.67. The van der Waals surface area contributed by atoms with Crippen LogP contribution in [0.5, 0.6) is 0 Å². The standard InChI is InChI=1S/C19H14ClN3O2/c20-17-9-7-15(8-10-17)19(25)23-22-18(24)14-5-3-13(4-6-14)16-2-1-11-21-12-16/h1-12H,(H,22,24)(H,23,25). The molecular formula is C19H14ClN3O2. The number of amides is 2. The Bertz CT molecular complexity index is 879. The van der Waals surface area contributed by atoms with Crippen LogP contribution in [0.3, 0.4) is 0 Å². The summed E-state index contributed by atoms with van der Waals surface area (Å²) in [5, 5.41) is 0.536. The van der Waals surface area contributed by atoms with Gasteiger partial charge < -0.3 is 0 Å². The van der Waals surface area contributed by atoms with Gasteiger partial charge in [0.15, 0.2) is 0 Å². The smallest absolute Gasteiger partial charge is 0.267 e. The Kier molecular flexibility index (Phi) is 5.06. The topological polar surface area (TPSA) is 71.1 Å². The summed E-state index contributed by atoms with van der Waals surface area (Å²) in [4.78, 5) is 28.1. The predicted molar refractivity (Wildman–Crippen MR) is 96.1 cm³/mol. The highest BCUT2D eigenvalue weighted by Gasteiger charge is 2.09. The number of hydrogen-bond donors (Lipinski definition) is 2. The van der Waals surface area contributed by atoms with Crippen molar-refractivity contribution in [2.45, 2.75) is 0 Å². The van der Waals surface area contributed by atoms with Crippen molar-refractivity contribution >= 4 is 23.4 Å². The van der Waals surface area contributed by atoms with E-state index in [0.717, 1.165) is 11.1 Å². The van der Waals surface area contributed by atoms with E-state index in [1.165, 1.54) is 0 Å². The first-order valence-corrected chi connectivity index (χ1v) is 7.88. The maximum Gasteiger partial charge on any atom is 0.269 e. The fourth-order valence-corrected chi connectivity index (χ4v) is 2.33. The van der Waals surface area contributed by atoms with E-state index in [1.807, 2.05) is 24.3 Å². The Morgan fingerprint density at radius 1 is 0.760 bits per heavy atom. The monoisotopic (exact) mass is 351 g/mol. The van der Waals surface area contributed by atoms with Gasteiger partial charge in [-0.25, -0.2) is 0 Å². The van der Waals surface area contributed by atoms with Crippen LogP contribution in [0.15, 0.2) is 73.1 Å².